The third-order valence-electron chi connectivity index (χ3n) is 4.25. The number of sulfone groups is 1. The summed E-state index contributed by atoms with van der Waals surface area (Å²) in [6, 6.07) is 7.26. The first-order valence-corrected chi connectivity index (χ1v) is 10.5. The first-order valence-electron chi connectivity index (χ1n) is 7.80. The molecular weight excluding hydrogens is 348 g/mol. The van der Waals surface area contributed by atoms with Crippen molar-refractivity contribution in [2.75, 3.05) is 25.2 Å². The van der Waals surface area contributed by atoms with E-state index in [1.807, 2.05) is 36.1 Å². The van der Waals surface area contributed by atoms with Gasteiger partial charge in [-0.15, -0.1) is 0 Å². The number of carbonyl (C=O) groups is 1. The van der Waals surface area contributed by atoms with E-state index in [0.29, 0.717) is 11.7 Å². The number of thioether (sulfide) groups is 1. The Kier molecular flexibility index (Phi) is 4.87. The summed E-state index contributed by atoms with van der Waals surface area (Å²) in [5, 5.41) is 0.642. The van der Waals surface area contributed by atoms with Crippen LogP contribution in [-0.4, -0.2) is 60.8 Å². The fraction of sp³-hybridized carbons (Fsp3) is 0.500. The third-order valence-corrected chi connectivity index (χ3v) is 7.50. The van der Waals surface area contributed by atoms with Gasteiger partial charge in [-0.05, 0) is 24.6 Å². The van der Waals surface area contributed by atoms with Crippen LogP contribution in [0.15, 0.2) is 29.3 Å². The van der Waals surface area contributed by atoms with Crippen molar-refractivity contribution in [1.29, 1.82) is 0 Å². The smallest absolute Gasteiger partial charge is 0.252 e. The van der Waals surface area contributed by atoms with Crippen molar-refractivity contribution in [3.8, 4) is 5.75 Å². The lowest BCUT2D eigenvalue weighted by molar-refractivity contribution is -0.117. The SMILES string of the molecule is CCN1C(=NC(=O)Cc2ccc(OC)cc2)S[C@@H]2CS(=O)(=O)C[C@H]21. The lowest BCUT2D eigenvalue weighted by Gasteiger charge is -2.22. The predicted molar refractivity (Wildman–Crippen MR) is 95.3 cm³/mol. The lowest BCUT2D eigenvalue weighted by atomic mass is 10.1. The second kappa shape index (κ2) is 6.76. The molecule has 0 radical (unpaired) electrons. The van der Waals surface area contributed by atoms with Crippen LogP contribution in [-0.2, 0) is 21.1 Å². The molecule has 3 rings (SSSR count). The van der Waals surface area contributed by atoms with Crippen molar-refractivity contribution in [3.05, 3.63) is 29.8 Å². The van der Waals surface area contributed by atoms with Gasteiger partial charge >= 0.3 is 0 Å². The normalized spacial score (nSPS) is 26.6. The maximum Gasteiger partial charge on any atom is 0.252 e. The van der Waals surface area contributed by atoms with Gasteiger partial charge < -0.3 is 9.64 Å². The minimum atomic E-state index is -2.97. The molecule has 0 unspecified atom stereocenters. The summed E-state index contributed by atoms with van der Waals surface area (Å²) in [5.74, 6) is 0.855. The van der Waals surface area contributed by atoms with Gasteiger partial charge in [0.05, 0.1) is 31.1 Å². The zero-order chi connectivity index (χ0) is 17.3. The van der Waals surface area contributed by atoms with Crippen molar-refractivity contribution in [3.63, 3.8) is 0 Å². The molecule has 2 aliphatic rings. The molecule has 0 N–H and O–H groups in total. The largest absolute Gasteiger partial charge is 0.497 e. The van der Waals surface area contributed by atoms with E-state index in [-0.39, 0.29) is 35.1 Å². The molecule has 1 aromatic carbocycles. The number of amides is 1. The zero-order valence-corrected chi connectivity index (χ0v) is 15.3. The van der Waals surface area contributed by atoms with Crippen molar-refractivity contribution in [1.82, 2.24) is 4.90 Å². The van der Waals surface area contributed by atoms with Gasteiger partial charge in [0.25, 0.3) is 5.91 Å². The molecule has 130 valence electrons. The van der Waals surface area contributed by atoms with Crippen molar-refractivity contribution in [2.24, 2.45) is 4.99 Å². The average molecular weight is 368 g/mol. The van der Waals surface area contributed by atoms with Gasteiger partial charge in [0.1, 0.15) is 5.75 Å². The Morgan fingerprint density at radius 1 is 1.33 bits per heavy atom. The average Bonchev–Trinajstić information content (AvgIpc) is 2.98. The number of nitrogens with zero attached hydrogens (tertiary/aromatic N) is 2. The highest BCUT2D eigenvalue weighted by Gasteiger charge is 2.48. The Labute approximate surface area is 146 Å². The highest BCUT2D eigenvalue weighted by atomic mass is 32.2. The molecule has 0 spiro atoms. The number of amidine groups is 1. The molecule has 0 aliphatic carbocycles. The van der Waals surface area contributed by atoms with Gasteiger partial charge in [-0.1, -0.05) is 23.9 Å². The van der Waals surface area contributed by atoms with Crippen LogP contribution in [0.25, 0.3) is 0 Å². The Morgan fingerprint density at radius 2 is 2.04 bits per heavy atom. The van der Waals surface area contributed by atoms with Crippen molar-refractivity contribution >= 4 is 32.7 Å². The Balaban J connectivity index is 1.70. The van der Waals surface area contributed by atoms with Crippen LogP contribution < -0.4 is 4.74 Å². The van der Waals surface area contributed by atoms with Gasteiger partial charge in [0.15, 0.2) is 15.0 Å². The molecule has 8 heteroatoms. The third kappa shape index (κ3) is 3.59. The number of ether oxygens (including phenoxy) is 1. The number of benzene rings is 1. The molecule has 2 atom stereocenters. The van der Waals surface area contributed by atoms with Gasteiger partial charge in [-0.3, -0.25) is 4.79 Å². The van der Waals surface area contributed by atoms with E-state index in [9.17, 15) is 13.2 Å². The molecule has 2 fully saturated rings. The van der Waals surface area contributed by atoms with Crippen LogP contribution >= 0.6 is 11.8 Å². The monoisotopic (exact) mass is 368 g/mol. The van der Waals surface area contributed by atoms with Gasteiger partial charge in [0.2, 0.25) is 0 Å². The summed E-state index contributed by atoms with van der Waals surface area (Å²) >= 11 is 1.42. The van der Waals surface area contributed by atoms with E-state index in [1.54, 1.807) is 7.11 Å². The summed E-state index contributed by atoms with van der Waals surface area (Å²) in [4.78, 5) is 18.4. The fourth-order valence-electron chi connectivity index (χ4n) is 3.07. The van der Waals surface area contributed by atoms with Crippen LogP contribution in [0.5, 0.6) is 5.75 Å². The number of rotatable bonds is 4. The minimum absolute atomic E-state index is 0.0116. The molecule has 2 aliphatic heterocycles. The van der Waals surface area contributed by atoms with Crippen LogP contribution in [0.4, 0.5) is 0 Å². The summed E-state index contributed by atoms with van der Waals surface area (Å²) in [6.07, 6.45) is 0.221. The van der Waals surface area contributed by atoms with E-state index in [4.69, 9.17) is 4.74 Å². The summed E-state index contributed by atoms with van der Waals surface area (Å²) < 4.78 is 28.6. The molecular formula is C16H20N2O4S2. The molecule has 6 nitrogen and oxygen atoms in total. The highest BCUT2D eigenvalue weighted by Crippen LogP contribution is 2.37. The fourth-order valence-corrected chi connectivity index (χ4v) is 7.10. The highest BCUT2D eigenvalue weighted by molar-refractivity contribution is 8.15. The Morgan fingerprint density at radius 3 is 2.67 bits per heavy atom. The van der Waals surface area contributed by atoms with E-state index in [2.05, 4.69) is 4.99 Å². The molecule has 0 bridgehead atoms. The topological polar surface area (TPSA) is 76.0 Å². The maximum atomic E-state index is 12.3. The van der Waals surface area contributed by atoms with E-state index in [1.165, 1.54) is 11.8 Å². The molecule has 2 heterocycles. The predicted octanol–water partition coefficient (Wildman–Crippen LogP) is 1.35. The minimum Gasteiger partial charge on any atom is -0.497 e. The Bertz CT molecular complexity index is 759. The van der Waals surface area contributed by atoms with Crippen LogP contribution in [0.1, 0.15) is 12.5 Å². The standard InChI is InChI=1S/C16H20N2O4S2/c1-3-18-13-9-24(20,21)10-14(13)23-16(18)17-15(19)8-11-4-6-12(22-2)7-5-11/h4-7,13-14H,3,8-10H2,1-2H3/t13-,14-/m1/s1. The quantitative estimate of drug-likeness (QED) is 0.799. The van der Waals surface area contributed by atoms with Crippen molar-refractivity contribution < 1.29 is 17.9 Å². The number of aliphatic imine (C=N–C) groups is 1. The van der Waals surface area contributed by atoms with E-state index < -0.39 is 9.84 Å². The molecule has 1 aromatic rings. The molecule has 2 saturated heterocycles. The molecule has 0 aromatic heterocycles. The molecule has 0 saturated carbocycles. The van der Waals surface area contributed by atoms with Gasteiger partial charge in [-0.2, -0.15) is 4.99 Å². The number of carbonyl (C=O) groups excluding carboxylic acids is 1. The molecule has 24 heavy (non-hydrogen) atoms. The number of fused-ring (bicyclic) bond motifs is 1. The van der Waals surface area contributed by atoms with Gasteiger partial charge in [-0.25, -0.2) is 8.42 Å². The first kappa shape index (κ1) is 17.3. The number of hydrogen-bond donors (Lipinski definition) is 0. The van der Waals surface area contributed by atoms with Gasteiger partial charge in [0, 0.05) is 11.8 Å². The lowest BCUT2D eigenvalue weighted by Crippen LogP contribution is -2.37. The summed E-state index contributed by atoms with van der Waals surface area (Å²) in [5.41, 5.74) is 0.874. The number of hydrogen-bond acceptors (Lipinski definition) is 5. The van der Waals surface area contributed by atoms with Crippen LogP contribution in [0, 0.1) is 0 Å². The number of methoxy groups -OCH3 is 1. The summed E-state index contributed by atoms with van der Waals surface area (Å²) in [6.45, 7) is 2.61. The summed E-state index contributed by atoms with van der Waals surface area (Å²) in [7, 11) is -1.37. The Hall–Kier alpha value is -1.54. The van der Waals surface area contributed by atoms with Crippen molar-refractivity contribution in [2.45, 2.75) is 24.6 Å². The first-order chi connectivity index (χ1) is 11.4. The molecule has 1 amide bonds. The van der Waals surface area contributed by atoms with Crippen LogP contribution in [0.3, 0.4) is 0 Å². The second-order valence-corrected chi connectivity index (χ2v) is 9.26. The second-order valence-electron chi connectivity index (χ2n) is 5.90. The maximum absolute atomic E-state index is 12.3. The van der Waals surface area contributed by atoms with Crippen LogP contribution in [0.2, 0.25) is 0 Å². The van der Waals surface area contributed by atoms with E-state index in [0.717, 1.165) is 11.3 Å². The van der Waals surface area contributed by atoms with E-state index >= 15 is 0 Å². The zero-order valence-electron chi connectivity index (χ0n) is 13.6.